The van der Waals surface area contributed by atoms with Crippen LogP contribution in [0.1, 0.15) is 42.0 Å². The van der Waals surface area contributed by atoms with Crippen LogP contribution in [0.5, 0.6) is 5.75 Å². The molecule has 3 nitrogen and oxygen atoms in total. The van der Waals surface area contributed by atoms with Crippen LogP contribution in [-0.4, -0.2) is 12.5 Å². The summed E-state index contributed by atoms with van der Waals surface area (Å²) in [6, 6.07) is 10.3. The Morgan fingerprint density at radius 1 is 1.12 bits per heavy atom. The third kappa shape index (κ3) is 5.60. The standard InChI is InChI=1S/C21H26BrNO2/c1-5-17-8-9-19(18(22)13-17)25-10-6-7-20(24)23-21-15(3)11-14(2)12-16(21)4/h8-9,11-13H,5-7,10H2,1-4H3,(H,23,24). The van der Waals surface area contributed by atoms with Crippen LogP contribution in [0.25, 0.3) is 0 Å². The van der Waals surface area contributed by atoms with Crippen LogP contribution in [0, 0.1) is 20.8 Å². The summed E-state index contributed by atoms with van der Waals surface area (Å²) in [6.07, 6.45) is 2.12. The topological polar surface area (TPSA) is 38.3 Å². The second kappa shape index (κ2) is 9.04. The molecule has 0 aliphatic heterocycles. The van der Waals surface area contributed by atoms with Crippen molar-refractivity contribution < 1.29 is 9.53 Å². The molecule has 0 aromatic heterocycles. The van der Waals surface area contributed by atoms with Gasteiger partial charge in [-0.3, -0.25) is 4.79 Å². The second-order valence-corrected chi connectivity index (χ2v) is 7.25. The van der Waals surface area contributed by atoms with Crippen LogP contribution in [0.2, 0.25) is 0 Å². The maximum Gasteiger partial charge on any atom is 0.224 e. The maximum atomic E-state index is 12.2. The van der Waals surface area contributed by atoms with Gasteiger partial charge in [0.15, 0.2) is 0 Å². The van der Waals surface area contributed by atoms with Gasteiger partial charge in [-0.2, -0.15) is 0 Å². The van der Waals surface area contributed by atoms with E-state index in [1.54, 1.807) is 0 Å². The van der Waals surface area contributed by atoms with E-state index in [1.165, 1.54) is 11.1 Å². The largest absolute Gasteiger partial charge is 0.492 e. The molecule has 0 spiro atoms. The number of hydrogen-bond donors (Lipinski definition) is 1. The van der Waals surface area contributed by atoms with E-state index in [2.05, 4.69) is 59.4 Å². The maximum absolute atomic E-state index is 12.2. The summed E-state index contributed by atoms with van der Waals surface area (Å²) in [6.45, 7) is 8.75. The van der Waals surface area contributed by atoms with E-state index in [0.29, 0.717) is 19.4 Å². The molecular weight excluding hydrogens is 378 g/mol. The van der Waals surface area contributed by atoms with Gasteiger partial charge in [-0.1, -0.05) is 30.7 Å². The first kappa shape index (κ1) is 19.5. The van der Waals surface area contributed by atoms with Crippen molar-refractivity contribution in [2.24, 2.45) is 0 Å². The van der Waals surface area contributed by atoms with Gasteiger partial charge in [0, 0.05) is 12.1 Å². The van der Waals surface area contributed by atoms with Crippen molar-refractivity contribution in [2.75, 3.05) is 11.9 Å². The van der Waals surface area contributed by atoms with Crippen LogP contribution in [0.15, 0.2) is 34.8 Å². The molecule has 2 aromatic carbocycles. The van der Waals surface area contributed by atoms with E-state index in [4.69, 9.17) is 4.74 Å². The number of benzene rings is 2. The highest BCUT2D eigenvalue weighted by molar-refractivity contribution is 9.10. The SMILES string of the molecule is CCc1ccc(OCCCC(=O)Nc2c(C)cc(C)cc2C)c(Br)c1. The zero-order valence-electron chi connectivity index (χ0n) is 15.4. The van der Waals surface area contributed by atoms with E-state index in [-0.39, 0.29) is 5.91 Å². The van der Waals surface area contributed by atoms with E-state index in [1.807, 2.05) is 19.9 Å². The van der Waals surface area contributed by atoms with Crippen LogP contribution < -0.4 is 10.1 Å². The van der Waals surface area contributed by atoms with Crippen molar-refractivity contribution in [3.63, 3.8) is 0 Å². The molecule has 0 aliphatic rings. The lowest BCUT2D eigenvalue weighted by atomic mass is 10.0. The average Bonchev–Trinajstić information content (AvgIpc) is 2.56. The molecule has 0 saturated heterocycles. The number of anilines is 1. The first-order valence-electron chi connectivity index (χ1n) is 8.69. The summed E-state index contributed by atoms with van der Waals surface area (Å²) in [5.74, 6) is 0.849. The molecule has 0 saturated carbocycles. The molecule has 1 N–H and O–H groups in total. The predicted molar refractivity (Wildman–Crippen MR) is 108 cm³/mol. The van der Waals surface area contributed by atoms with Crippen LogP contribution in [0.3, 0.4) is 0 Å². The molecule has 0 unspecified atom stereocenters. The molecule has 134 valence electrons. The lowest BCUT2D eigenvalue weighted by Crippen LogP contribution is -2.14. The monoisotopic (exact) mass is 403 g/mol. The molecule has 0 aliphatic carbocycles. The summed E-state index contributed by atoms with van der Waals surface area (Å²) >= 11 is 3.53. The van der Waals surface area contributed by atoms with Crippen molar-refractivity contribution in [2.45, 2.75) is 47.0 Å². The summed E-state index contributed by atoms with van der Waals surface area (Å²) in [5, 5.41) is 3.03. The summed E-state index contributed by atoms with van der Waals surface area (Å²) in [7, 11) is 0. The Labute approximate surface area is 158 Å². The fraction of sp³-hybridized carbons (Fsp3) is 0.381. The number of rotatable bonds is 7. The first-order chi connectivity index (χ1) is 11.9. The zero-order valence-corrected chi connectivity index (χ0v) is 17.0. The molecule has 2 aromatic rings. The minimum Gasteiger partial charge on any atom is -0.492 e. The zero-order chi connectivity index (χ0) is 18.4. The van der Waals surface area contributed by atoms with E-state index >= 15 is 0 Å². The number of nitrogens with one attached hydrogen (secondary N) is 1. The fourth-order valence-electron chi connectivity index (χ4n) is 2.88. The number of aryl methyl sites for hydroxylation is 4. The van der Waals surface area contributed by atoms with E-state index in [9.17, 15) is 4.79 Å². The average molecular weight is 404 g/mol. The molecule has 0 radical (unpaired) electrons. The fourth-order valence-corrected chi connectivity index (χ4v) is 3.42. The lowest BCUT2D eigenvalue weighted by Gasteiger charge is -2.13. The van der Waals surface area contributed by atoms with Crippen LogP contribution in [-0.2, 0) is 11.2 Å². The smallest absolute Gasteiger partial charge is 0.224 e. The Morgan fingerprint density at radius 3 is 2.40 bits per heavy atom. The Hall–Kier alpha value is -1.81. The molecule has 2 rings (SSSR count). The first-order valence-corrected chi connectivity index (χ1v) is 9.49. The van der Waals surface area contributed by atoms with Gasteiger partial charge >= 0.3 is 0 Å². The van der Waals surface area contributed by atoms with Crippen molar-refractivity contribution in [3.8, 4) is 5.75 Å². The number of amides is 1. The van der Waals surface area contributed by atoms with Crippen molar-refractivity contribution in [3.05, 3.63) is 57.1 Å². The van der Waals surface area contributed by atoms with Crippen LogP contribution >= 0.6 is 15.9 Å². The molecule has 1 amide bonds. The van der Waals surface area contributed by atoms with Gasteiger partial charge in [0.25, 0.3) is 0 Å². The Bertz CT molecular complexity index is 733. The van der Waals surface area contributed by atoms with E-state index < -0.39 is 0 Å². The predicted octanol–water partition coefficient (Wildman–Crippen LogP) is 5.73. The third-order valence-corrected chi connectivity index (χ3v) is 4.77. The van der Waals surface area contributed by atoms with Crippen LogP contribution in [0.4, 0.5) is 5.69 Å². The van der Waals surface area contributed by atoms with E-state index in [0.717, 1.165) is 33.5 Å². The molecule has 0 atom stereocenters. The second-order valence-electron chi connectivity index (χ2n) is 6.39. The Morgan fingerprint density at radius 2 is 1.80 bits per heavy atom. The molecule has 0 heterocycles. The Kier molecular flexibility index (Phi) is 7.06. The number of halogens is 1. The van der Waals surface area contributed by atoms with Gasteiger partial charge in [0.1, 0.15) is 5.75 Å². The third-order valence-electron chi connectivity index (χ3n) is 4.15. The lowest BCUT2D eigenvalue weighted by molar-refractivity contribution is -0.116. The molecular formula is C21H26BrNO2. The van der Waals surface area contributed by atoms with Crippen molar-refractivity contribution in [1.82, 2.24) is 0 Å². The summed E-state index contributed by atoms with van der Waals surface area (Å²) < 4.78 is 6.73. The highest BCUT2D eigenvalue weighted by Gasteiger charge is 2.09. The normalized spacial score (nSPS) is 10.6. The van der Waals surface area contributed by atoms with Gasteiger partial charge < -0.3 is 10.1 Å². The minimum atomic E-state index is 0.0269. The molecule has 25 heavy (non-hydrogen) atoms. The van der Waals surface area contributed by atoms with Crippen molar-refractivity contribution >= 4 is 27.5 Å². The number of carbonyl (C=O) groups is 1. The highest BCUT2D eigenvalue weighted by Crippen LogP contribution is 2.26. The van der Waals surface area contributed by atoms with Crippen molar-refractivity contribution in [1.29, 1.82) is 0 Å². The summed E-state index contributed by atoms with van der Waals surface area (Å²) in [5.41, 5.74) is 5.60. The van der Waals surface area contributed by atoms with Gasteiger partial charge in [0.05, 0.1) is 11.1 Å². The molecule has 4 heteroatoms. The van der Waals surface area contributed by atoms with Gasteiger partial charge in [-0.15, -0.1) is 0 Å². The Balaban J connectivity index is 1.81. The highest BCUT2D eigenvalue weighted by atomic mass is 79.9. The van der Waals surface area contributed by atoms with Gasteiger partial charge in [-0.05, 0) is 78.4 Å². The molecule has 0 bridgehead atoms. The molecule has 0 fully saturated rings. The number of ether oxygens (including phenoxy) is 1. The van der Waals surface area contributed by atoms with Gasteiger partial charge in [0.2, 0.25) is 5.91 Å². The number of carbonyl (C=O) groups excluding carboxylic acids is 1. The number of hydrogen-bond acceptors (Lipinski definition) is 2. The van der Waals surface area contributed by atoms with Gasteiger partial charge in [-0.25, -0.2) is 0 Å². The quantitative estimate of drug-likeness (QED) is 0.598. The summed E-state index contributed by atoms with van der Waals surface area (Å²) in [4.78, 5) is 12.2. The minimum absolute atomic E-state index is 0.0269.